The van der Waals surface area contributed by atoms with Crippen molar-refractivity contribution >= 4 is 11.6 Å². The second-order valence-corrected chi connectivity index (χ2v) is 4.76. The molecule has 16 heavy (non-hydrogen) atoms. The van der Waals surface area contributed by atoms with Crippen molar-refractivity contribution in [3.63, 3.8) is 0 Å². The van der Waals surface area contributed by atoms with E-state index in [-0.39, 0.29) is 0 Å². The van der Waals surface area contributed by atoms with Crippen molar-refractivity contribution in [3.05, 3.63) is 28.8 Å². The van der Waals surface area contributed by atoms with E-state index in [0.29, 0.717) is 16.8 Å². The molecule has 1 atom stereocenters. The molecule has 0 fully saturated rings. The number of halogens is 1. The molecule has 0 amide bonds. The second kappa shape index (κ2) is 6.12. The molecular formula is C13H20ClNO. The predicted molar refractivity (Wildman–Crippen MR) is 69.0 cm³/mol. The van der Waals surface area contributed by atoms with E-state index in [9.17, 15) is 5.11 Å². The van der Waals surface area contributed by atoms with E-state index >= 15 is 0 Å². The second-order valence-electron chi connectivity index (χ2n) is 4.33. The number of phenolic OH excluding ortho intramolecular Hbond substituents is 1. The summed E-state index contributed by atoms with van der Waals surface area (Å²) in [7, 11) is 2.07. The zero-order valence-electron chi connectivity index (χ0n) is 10.2. The van der Waals surface area contributed by atoms with Gasteiger partial charge >= 0.3 is 0 Å². The van der Waals surface area contributed by atoms with E-state index < -0.39 is 0 Å². The monoisotopic (exact) mass is 241 g/mol. The summed E-state index contributed by atoms with van der Waals surface area (Å²) in [6.45, 7) is 5.11. The Hall–Kier alpha value is -0.730. The third-order valence-corrected chi connectivity index (χ3v) is 3.16. The maximum Gasteiger partial charge on any atom is 0.120 e. The summed E-state index contributed by atoms with van der Waals surface area (Å²) in [5.41, 5.74) is 0.887. The molecule has 0 aliphatic rings. The van der Waals surface area contributed by atoms with E-state index in [2.05, 4.69) is 25.8 Å². The fourth-order valence-corrected chi connectivity index (χ4v) is 1.94. The Morgan fingerprint density at radius 3 is 2.75 bits per heavy atom. The van der Waals surface area contributed by atoms with Crippen LogP contribution in [0.1, 0.15) is 32.3 Å². The molecule has 0 saturated heterocycles. The Morgan fingerprint density at radius 2 is 2.12 bits per heavy atom. The lowest BCUT2D eigenvalue weighted by Crippen LogP contribution is -2.28. The molecule has 0 heterocycles. The van der Waals surface area contributed by atoms with Crippen LogP contribution in [0.15, 0.2) is 18.2 Å². The minimum atomic E-state index is 0.319. The molecule has 1 aromatic carbocycles. The van der Waals surface area contributed by atoms with Gasteiger partial charge in [-0.2, -0.15) is 0 Å². The van der Waals surface area contributed by atoms with Gasteiger partial charge < -0.3 is 5.11 Å². The highest BCUT2D eigenvalue weighted by Crippen LogP contribution is 2.23. The summed E-state index contributed by atoms with van der Waals surface area (Å²) in [4.78, 5) is 2.23. The zero-order chi connectivity index (χ0) is 12.1. The van der Waals surface area contributed by atoms with Gasteiger partial charge in [-0.05, 0) is 38.6 Å². The molecule has 0 saturated carbocycles. The first-order valence-electron chi connectivity index (χ1n) is 5.72. The molecule has 0 aliphatic heterocycles. The topological polar surface area (TPSA) is 23.5 Å². The van der Waals surface area contributed by atoms with Crippen molar-refractivity contribution in [2.24, 2.45) is 0 Å². The van der Waals surface area contributed by atoms with Crippen molar-refractivity contribution in [1.29, 1.82) is 0 Å². The van der Waals surface area contributed by atoms with Crippen molar-refractivity contribution in [2.45, 2.75) is 39.3 Å². The SMILES string of the molecule is CCCC(C)N(C)Cc1cc(Cl)ccc1O. The van der Waals surface area contributed by atoms with E-state index in [1.165, 1.54) is 6.42 Å². The van der Waals surface area contributed by atoms with Gasteiger partial charge in [-0.15, -0.1) is 0 Å². The first-order chi connectivity index (χ1) is 7.54. The quantitative estimate of drug-likeness (QED) is 0.851. The van der Waals surface area contributed by atoms with Gasteiger partial charge in [-0.25, -0.2) is 0 Å². The minimum Gasteiger partial charge on any atom is -0.508 e. The summed E-state index contributed by atoms with van der Waals surface area (Å²) in [6, 6.07) is 5.70. The third kappa shape index (κ3) is 3.69. The molecule has 1 N–H and O–H groups in total. The lowest BCUT2D eigenvalue weighted by atomic mass is 10.1. The smallest absolute Gasteiger partial charge is 0.120 e. The van der Waals surface area contributed by atoms with E-state index in [1.807, 2.05) is 6.07 Å². The molecule has 0 aliphatic carbocycles. The van der Waals surface area contributed by atoms with Gasteiger partial charge in [-0.1, -0.05) is 24.9 Å². The molecule has 0 radical (unpaired) electrons. The standard InChI is InChI=1S/C13H20ClNO/c1-4-5-10(2)15(3)9-11-8-12(14)6-7-13(11)16/h6-8,10,16H,4-5,9H2,1-3H3. The van der Waals surface area contributed by atoms with Gasteiger partial charge in [0, 0.05) is 23.2 Å². The van der Waals surface area contributed by atoms with Gasteiger partial charge in [0.1, 0.15) is 5.75 Å². The molecule has 90 valence electrons. The molecule has 1 unspecified atom stereocenters. The number of phenols is 1. The Balaban J connectivity index is 2.68. The van der Waals surface area contributed by atoms with Crippen molar-refractivity contribution < 1.29 is 5.11 Å². The molecule has 3 heteroatoms. The average molecular weight is 242 g/mol. The van der Waals surface area contributed by atoms with Crippen molar-refractivity contribution in [3.8, 4) is 5.75 Å². The molecule has 2 nitrogen and oxygen atoms in total. The average Bonchev–Trinajstić information content (AvgIpc) is 2.23. The number of aromatic hydroxyl groups is 1. The summed E-state index contributed by atoms with van der Waals surface area (Å²) >= 11 is 5.91. The number of hydrogen-bond donors (Lipinski definition) is 1. The highest BCUT2D eigenvalue weighted by Gasteiger charge is 2.11. The minimum absolute atomic E-state index is 0.319. The number of hydrogen-bond acceptors (Lipinski definition) is 2. The third-order valence-electron chi connectivity index (χ3n) is 2.92. The van der Waals surface area contributed by atoms with Gasteiger partial charge in [0.15, 0.2) is 0 Å². The maximum absolute atomic E-state index is 9.71. The number of benzene rings is 1. The lowest BCUT2D eigenvalue weighted by Gasteiger charge is -2.24. The van der Waals surface area contributed by atoms with Crippen molar-refractivity contribution in [2.75, 3.05) is 7.05 Å². The van der Waals surface area contributed by atoms with Crippen LogP contribution in [0.5, 0.6) is 5.75 Å². The fraction of sp³-hybridized carbons (Fsp3) is 0.538. The van der Waals surface area contributed by atoms with Crippen LogP contribution in [-0.4, -0.2) is 23.1 Å². The van der Waals surface area contributed by atoms with E-state index in [0.717, 1.165) is 18.5 Å². The van der Waals surface area contributed by atoms with Crippen LogP contribution < -0.4 is 0 Å². The summed E-state index contributed by atoms with van der Waals surface area (Å²) in [5.74, 6) is 0.319. The summed E-state index contributed by atoms with van der Waals surface area (Å²) in [5, 5.41) is 10.4. The molecule has 1 aromatic rings. The first-order valence-corrected chi connectivity index (χ1v) is 6.10. The fourth-order valence-electron chi connectivity index (χ4n) is 1.74. The zero-order valence-corrected chi connectivity index (χ0v) is 11.0. The maximum atomic E-state index is 9.71. The van der Waals surface area contributed by atoms with Gasteiger partial charge in [0.05, 0.1) is 0 Å². The van der Waals surface area contributed by atoms with Crippen LogP contribution in [0.2, 0.25) is 5.02 Å². The summed E-state index contributed by atoms with van der Waals surface area (Å²) in [6.07, 6.45) is 2.34. The Kier molecular flexibility index (Phi) is 5.10. The highest BCUT2D eigenvalue weighted by atomic mass is 35.5. The van der Waals surface area contributed by atoms with Gasteiger partial charge in [0.25, 0.3) is 0 Å². The van der Waals surface area contributed by atoms with Crippen LogP contribution in [0.25, 0.3) is 0 Å². The molecule has 1 rings (SSSR count). The molecule has 0 spiro atoms. The van der Waals surface area contributed by atoms with E-state index in [1.54, 1.807) is 12.1 Å². The van der Waals surface area contributed by atoms with Gasteiger partial charge in [-0.3, -0.25) is 4.90 Å². The van der Waals surface area contributed by atoms with E-state index in [4.69, 9.17) is 11.6 Å². The van der Waals surface area contributed by atoms with Crippen LogP contribution in [0, 0.1) is 0 Å². The number of rotatable bonds is 5. The Bertz CT molecular complexity index is 341. The first kappa shape index (κ1) is 13.3. The predicted octanol–water partition coefficient (Wildman–Crippen LogP) is 3.67. The Morgan fingerprint density at radius 1 is 1.44 bits per heavy atom. The van der Waals surface area contributed by atoms with Crippen LogP contribution in [-0.2, 0) is 6.54 Å². The van der Waals surface area contributed by atoms with Crippen LogP contribution in [0.4, 0.5) is 0 Å². The number of nitrogens with zero attached hydrogens (tertiary/aromatic N) is 1. The molecular weight excluding hydrogens is 222 g/mol. The molecule has 0 bridgehead atoms. The van der Waals surface area contributed by atoms with Crippen molar-refractivity contribution in [1.82, 2.24) is 4.90 Å². The van der Waals surface area contributed by atoms with Crippen LogP contribution in [0.3, 0.4) is 0 Å². The lowest BCUT2D eigenvalue weighted by molar-refractivity contribution is 0.234. The normalized spacial score (nSPS) is 13.1. The summed E-state index contributed by atoms with van der Waals surface area (Å²) < 4.78 is 0. The van der Waals surface area contributed by atoms with Crippen LogP contribution >= 0.6 is 11.6 Å². The highest BCUT2D eigenvalue weighted by molar-refractivity contribution is 6.30. The molecule has 0 aromatic heterocycles. The largest absolute Gasteiger partial charge is 0.508 e. The van der Waals surface area contributed by atoms with Gasteiger partial charge in [0.2, 0.25) is 0 Å². The Labute approximate surface area is 103 Å².